The zero-order valence-corrected chi connectivity index (χ0v) is 17.8. The second kappa shape index (κ2) is 10.8. The van der Waals surface area contributed by atoms with Crippen LogP contribution in [0, 0.1) is 5.92 Å². The number of carbonyl (C=O) groups excluding carboxylic acids is 1. The highest BCUT2D eigenvalue weighted by Gasteiger charge is 2.32. The van der Waals surface area contributed by atoms with E-state index in [-0.39, 0.29) is 24.3 Å². The average Bonchev–Trinajstić information content (AvgIpc) is 3.41. The van der Waals surface area contributed by atoms with Crippen LogP contribution in [-0.2, 0) is 11.2 Å². The maximum atomic E-state index is 12.5. The molecule has 9 heteroatoms. The van der Waals surface area contributed by atoms with E-state index in [9.17, 15) is 9.59 Å². The van der Waals surface area contributed by atoms with E-state index >= 15 is 0 Å². The molecule has 6 N–H and O–H groups in total. The molecule has 1 aromatic carbocycles. The smallest absolute Gasteiger partial charge is 0.404 e. The van der Waals surface area contributed by atoms with E-state index in [0.717, 1.165) is 36.9 Å². The summed E-state index contributed by atoms with van der Waals surface area (Å²) in [5, 5.41) is 21.8. The van der Waals surface area contributed by atoms with E-state index in [1.54, 1.807) is 0 Å². The topological polar surface area (TPSA) is 142 Å². The molecule has 3 atom stereocenters. The van der Waals surface area contributed by atoms with Crippen molar-refractivity contribution in [1.82, 2.24) is 15.5 Å². The Bertz CT molecular complexity index is 884. The number of aromatic amines is 1. The molecule has 1 fully saturated rings. The van der Waals surface area contributed by atoms with Crippen LogP contribution in [0.3, 0.4) is 0 Å². The van der Waals surface area contributed by atoms with Crippen molar-refractivity contribution in [2.24, 2.45) is 11.7 Å². The predicted octanol–water partition coefficient (Wildman–Crippen LogP) is 2.86. The molecular weight excluding hydrogens is 398 g/mol. The van der Waals surface area contributed by atoms with Crippen molar-refractivity contribution in [3.63, 3.8) is 0 Å². The predicted molar refractivity (Wildman–Crippen MR) is 117 cm³/mol. The van der Waals surface area contributed by atoms with Gasteiger partial charge in [-0.05, 0) is 37.7 Å². The van der Waals surface area contributed by atoms with Gasteiger partial charge in [-0.2, -0.15) is 5.10 Å². The number of aromatic nitrogens is 2. The van der Waals surface area contributed by atoms with E-state index in [4.69, 9.17) is 15.6 Å². The van der Waals surface area contributed by atoms with Crippen LogP contribution in [0.25, 0.3) is 0 Å². The van der Waals surface area contributed by atoms with Gasteiger partial charge in [0.15, 0.2) is 5.82 Å². The lowest BCUT2D eigenvalue weighted by Crippen LogP contribution is -2.38. The maximum Gasteiger partial charge on any atom is 0.404 e. The van der Waals surface area contributed by atoms with Gasteiger partial charge >= 0.3 is 6.09 Å². The number of hydrogen-bond donors (Lipinski definition) is 5. The van der Waals surface area contributed by atoms with Crippen molar-refractivity contribution < 1.29 is 19.4 Å². The van der Waals surface area contributed by atoms with Gasteiger partial charge in [-0.15, -0.1) is 0 Å². The van der Waals surface area contributed by atoms with Crippen molar-refractivity contribution in [3.05, 3.63) is 41.6 Å². The number of nitrogens with one attached hydrogen (secondary N) is 3. The first-order chi connectivity index (χ1) is 15.0. The lowest BCUT2D eigenvalue weighted by atomic mass is 9.94. The molecule has 2 aromatic rings. The number of anilines is 1. The fourth-order valence-corrected chi connectivity index (χ4v) is 4.31. The van der Waals surface area contributed by atoms with Gasteiger partial charge in [-0.25, -0.2) is 4.79 Å². The molecule has 3 unspecified atom stereocenters. The minimum atomic E-state index is -0.975. The number of ether oxygens (including phenoxy) is 1. The minimum Gasteiger partial charge on any atom is -0.492 e. The minimum absolute atomic E-state index is 0.0360. The monoisotopic (exact) mass is 429 g/mol. The molecule has 1 aliphatic rings. The van der Waals surface area contributed by atoms with Crippen LogP contribution in [0.15, 0.2) is 30.3 Å². The molecule has 1 heterocycles. The highest BCUT2D eigenvalue weighted by atomic mass is 16.5. The van der Waals surface area contributed by atoms with Gasteiger partial charge in [0.25, 0.3) is 0 Å². The molecule has 1 aromatic heterocycles. The number of para-hydroxylation sites is 1. The van der Waals surface area contributed by atoms with Gasteiger partial charge in [0.1, 0.15) is 12.4 Å². The van der Waals surface area contributed by atoms with E-state index < -0.39 is 6.09 Å². The zero-order valence-electron chi connectivity index (χ0n) is 17.8. The summed E-state index contributed by atoms with van der Waals surface area (Å²) in [6.45, 7) is 2.80. The first-order valence-corrected chi connectivity index (χ1v) is 10.8. The van der Waals surface area contributed by atoms with Gasteiger partial charge in [0.05, 0.1) is 6.42 Å². The van der Waals surface area contributed by atoms with Crippen LogP contribution < -0.4 is 21.1 Å². The Morgan fingerprint density at radius 1 is 1.35 bits per heavy atom. The Morgan fingerprint density at radius 3 is 2.90 bits per heavy atom. The Morgan fingerprint density at radius 2 is 2.16 bits per heavy atom. The maximum absolute atomic E-state index is 12.5. The molecule has 31 heavy (non-hydrogen) atoms. The highest BCUT2D eigenvalue weighted by Crippen LogP contribution is 2.40. The third kappa shape index (κ3) is 6.21. The van der Waals surface area contributed by atoms with Crippen LogP contribution >= 0.6 is 0 Å². The number of carboxylic acid groups (broad SMARTS) is 1. The second-order valence-corrected chi connectivity index (χ2v) is 7.91. The fourth-order valence-electron chi connectivity index (χ4n) is 4.31. The van der Waals surface area contributed by atoms with E-state index in [1.807, 2.05) is 37.3 Å². The van der Waals surface area contributed by atoms with Crippen LogP contribution in [0.2, 0.25) is 0 Å². The van der Waals surface area contributed by atoms with E-state index in [0.29, 0.717) is 30.6 Å². The Labute approximate surface area is 181 Å². The lowest BCUT2D eigenvalue weighted by Gasteiger charge is -2.22. The number of amides is 2. The molecule has 9 nitrogen and oxygen atoms in total. The third-order valence-corrected chi connectivity index (χ3v) is 5.79. The summed E-state index contributed by atoms with van der Waals surface area (Å²) >= 11 is 0. The first-order valence-electron chi connectivity index (χ1n) is 10.8. The highest BCUT2D eigenvalue weighted by molar-refractivity contribution is 5.91. The van der Waals surface area contributed by atoms with Crippen LogP contribution in [0.5, 0.6) is 5.75 Å². The molecule has 0 radical (unpaired) electrons. The number of nitrogens with zero attached hydrogens (tertiary/aromatic N) is 1. The molecule has 3 rings (SSSR count). The Hall–Kier alpha value is -3.07. The largest absolute Gasteiger partial charge is 0.492 e. The van der Waals surface area contributed by atoms with Crippen molar-refractivity contribution >= 4 is 17.8 Å². The van der Waals surface area contributed by atoms with Crippen LogP contribution in [-0.4, -0.2) is 46.5 Å². The summed E-state index contributed by atoms with van der Waals surface area (Å²) in [5.41, 5.74) is 7.25. The van der Waals surface area contributed by atoms with Crippen molar-refractivity contribution in [2.45, 2.75) is 51.0 Å². The summed E-state index contributed by atoms with van der Waals surface area (Å²) in [4.78, 5) is 23.5. The van der Waals surface area contributed by atoms with Gasteiger partial charge in [0, 0.05) is 35.8 Å². The molecular formula is C22H31N5O4. The number of H-pyrrole nitrogens is 1. The molecule has 0 bridgehead atoms. The van der Waals surface area contributed by atoms with Crippen molar-refractivity contribution in [1.29, 1.82) is 0 Å². The van der Waals surface area contributed by atoms with Gasteiger partial charge in [-0.3, -0.25) is 9.89 Å². The number of nitrogens with two attached hydrogens (primary N) is 1. The number of rotatable bonds is 10. The molecule has 0 spiro atoms. The zero-order chi connectivity index (χ0) is 22.2. The van der Waals surface area contributed by atoms with Crippen molar-refractivity contribution in [2.75, 3.05) is 18.5 Å². The molecule has 2 amide bonds. The lowest BCUT2D eigenvalue weighted by molar-refractivity contribution is -0.115. The number of hydrogen-bond acceptors (Lipinski definition) is 5. The Balaban J connectivity index is 1.56. The first kappa shape index (κ1) is 22.6. The van der Waals surface area contributed by atoms with Gasteiger partial charge < -0.3 is 26.2 Å². The summed E-state index contributed by atoms with van der Waals surface area (Å²) in [7, 11) is 0. The molecule has 1 aliphatic carbocycles. The van der Waals surface area contributed by atoms with Gasteiger partial charge in [-0.1, -0.05) is 25.1 Å². The fraction of sp³-hybridized carbons (Fsp3) is 0.500. The molecule has 0 saturated heterocycles. The molecule has 1 saturated carbocycles. The van der Waals surface area contributed by atoms with Crippen molar-refractivity contribution in [3.8, 4) is 5.75 Å². The summed E-state index contributed by atoms with van der Waals surface area (Å²) < 4.78 is 5.60. The van der Waals surface area contributed by atoms with Crippen LogP contribution in [0.1, 0.15) is 49.8 Å². The SMILES string of the molecule is CCC(NC(=O)O)C1CCC(c2cc(NC(=O)Cc3ccccc3OCCN)n[nH]2)C1. The third-order valence-electron chi connectivity index (χ3n) is 5.79. The van der Waals surface area contributed by atoms with E-state index in [2.05, 4.69) is 20.8 Å². The summed E-state index contributed by atoms with van der Waals surface area (Å²) in [5.74, 6) is 1.54. The quantitative estimate of drug-likeness (QED) is 0.393. The van der Waals surface area contributed by atoms with Gasteiger partial charge in [0.2, 0.25) is 5.91 Å². The number of benzene rings is 1. The standard InChI is InChI=1S/C22H31N5O4/c1-2-17(24-22(29)30)14-7-8-15(11-14)18-13-20(27-26-18)25-21(28)12-16-5-3-4-6-19(16)31-10-9-23/h3-6,13-15,17,24H,2,7-12,23H2,1H3,(H,29,30)(H2,25,26,27,28). The normalized spacial score (nSPS) is 19.0. The second-order valence-electron chi connectivity index (χ2n) is 7.91. The molecule has 0 aliphatic heterocycles. The summed E-state index contributed by atoms with van der Waals surface area (Å²) in [6.07, 6.45) is 2.78. The average molecular weight is 430 g/mol. The summed E-state index contributed by atoms with van der Waals surface area (Å²) in [6, 6.07) is 9.24. The van der Waals surface area contributed by atoms with Crippen LogP contribution in [0.4, 0.5) is 10.6 Å². The van der Waals surface area contributed by atoms with E-state index in [1.165, 1.54) is 0 Å². The number of carbonyl (C=O) groups is 2. The Kier molecular flexibility index (Phi) is 7.88. The molecule has 168 valence electrons.